The van der Waals surface area contributed by atoms with E-state index >= 15 is 0 Å². The Hall–Kier alpha value is -3.07. The van der Waals surface area contributed by atoms with E-state index in [1.54, 1.807) is 42.2 Å². The van der Waals surface area contributed by atoms with Crippen LogP contribution in [0.5, 0.6) is 5.75 Å². The number of hydrogen-bond donors (Lipinski definition) is 2. The van der Waals surface area contributed by atoms with E-state index in [-0.39, 0.29) is 23.3 Å². The molecule has 32 heavy (non-hydrogen) atoms. The van der Waals surface area contributed by atoms with Gasteiger partial charge in [0.05, 0.1) is 21.7 Å². The minimum Gasteiger partial charge on any atom is -0.490 e. The molecule has 3 rings (SSSR count). The Morgan fingerprint density at radius 1 is 1.09 bits per heavy atom. The van der Waals surface area contributed by atoms with Gasteiger partial charge in [-0.15, -0.1) is 0 Å². The van der Waals surface area contributed by atoms with Crippen molar-refractivity contribution in [1.29, 1.82) is 0 Å². The van der Waals surface area contributed by atoms with Gasteiger partial charge in [-0.1, -0.05) is 13.8 Å². The van der Waals surface area contributed by atoms with E-state index in [2.05, 4.69) is 10.0 Å². The zero-order valence-corrected chi connectivity index (χ0v) is 19.6. The summed E-state index contributed by atoms with van der Waals surface area (Å²) in [6, 6.07) is 10.8. The van der Waals surface area contributed by atoms with Crippen molar-refractivity contribution in [3.8, 4) is 5.75 Å². The van der Waals surface area contributed by atoms with E-state index in [4.69, 9.17) is 4.74 Å². The zero-order chi connectivity index (χ0) is 23.5. The molecule has 0 atom stereocenters. The van der Waals surface area contributed by atoms with Gasteiger partial charge in [-0.25, -0.2) is 8.42 Å². The van der Waals surface area contributed by atoms with Gasteiger partial charge >= 0.3 is 0 Å². The third-order valence-corrected chi connectivity index (χ3v) is 6.53. The molecule has 2 amide bonds. The standard InChI is InChI=1S/C23H29N3O5S/c1-5-13-26-19-12-9-17(14-20(19)31-15-23(3,4)22(26)28)25-32(29,30)18-10-7-16(8-11-18)24-21(27)6-2/h7-12,14,25H,5-6,13,15H2,1-4H3,(H,24,27). The lowest BCUT2D eigenvalue weighted by molar-refractivity contribution is -0.127. The van der Waals surface area contributed by atoms with E-state index in [1.165, 1.54) is 12.1 Å². The van der Waals surface area contributed by atoms with Crippen LogP contribution in [0.1, 0.15) is 40.5 Å². The molecule has 1 aliphatic rings. The fourth-order valence-electron chi connectivity index (χ4n) is 3.34. The van der Waals surface area contributed by atoms with Gasteiger partial charge in [0.1, 0.15) is 12.4 Å². The summed E-state index contributed by atoms with van der Waals surface area (Å²) in [6.45, 7) is 8.14. The molecule has 2 aromatic rings. The highest BCUT2D eigenvalue weighted by molar-refractivity contribution is 7.92. The molecule has 0 aromatic heterocycles. The molecule has 0 aliphatic carbocycles. The topological polar surface area (TPSA) is 105 Å². The van der Waals surface area contributed by atoms with Crippen LogP contribution in [0.4, 0.5) is 17.1 Å². The van der Waals surface area contributed by atoms with Crippen molar-refractivity contribution in [2.24, 2.45) is 5.41 Å². The van der Waals surface area contributed by atoms with Crippen LogP contribution in [0.25, 0.3) is 0 Å². The zero-order valence-electron chi connectivity index (χ0n) is 18.8. The summed E-state index contributed by atoms with van der Waals surface area (Å²) in [7, 11) is -3.86. The van der Waals surface area contributed by atoms with Gasteiger partial charge < -0.3 is 15.0 Å². The lowest BCUT2D eigenvalue weighted by atomic mass is 9.93. The van der Waals surface area contributed by atoms with Gasteiger partial charge in [0.2, 0.25) is 11.8 Å². The van der Waals surface area contributed by atoms with Crippen molar-refractivity contribution in [2.75, 3.05) is 28.1 Å². The van der Waals surface area contributed by atoms with Gasteiger partial charge in [0, 0.05) is 24.7 Å². The molecule has 0 bridgehead atoms. The highest BCUT2D eigenvalue weighted by atomic mass is 32.2. The molecule has 0 spiro atoms. The van der Waals surface area contributed by atoms with Crippen molar-refractivity contribution in [2.45, 2.75) is 45.4 Å². The van der Waals surface area contributed by atoms with Gasteiger partial charge in [0.25, 0.3) is 10.0 Å². The van der Waals surface area contributed by atoms with E-state index in [0.29, 0.717) is 35.8 Å². The van der Waals surface area contributed by atoms with Gasteiger partial charge in [0.15, 0.2) is 0 Å². The van der Waals surface area contributed by atoms with Crippen LogP contribution in [0, 0.1) is 5.41 Å². The predicted octanol–water partition coefficient (Wildman–Crippen LogP) is 4.00. The molecule has 0 unspecified atom stereocenters. The molecule has 0 radical (unpaired) electrons. The van der Waals surface area contributed by atoms with Crippen molar-refractivity contribution in [1.82, 2.24) is 0 Å². The van der Waals surface area contributed by atoms with Crippen LogP contribution in [-0.4, -0.2) is 33.4 Å². The number of anilines is 3. The molecule has 9 heteroatoms. The van der Waals surface area contributed by atoms with Crippen molar-refractivity contribution in [3.05, 3.63) is 42.5 Å². The predicted molar refractivity (Wildman–Crippen MR) is 125 cm³/mol. The van der Waals surface area contributed by atoms with Crippen LogP contribution in [0.15, 0.2) is 47.4 Å². The third-order valence-electron chi connectivity index (χ3n) is 5.13. The first-order valence-electron chi connectivity index (χ1n) is 10.6. The van der Waals surface area contributed by atoms with Crippen LogP contribution in [0.2, 0.25) is 0 Å². The number of ether oxygens (including phenoxy) is 1. The minimum absolute atomic E-state index is 0.0262. The van der Waals surface area contributed by atoms with Crippen LogP contribution < -0.4 is 19.7 Å². The number of hydrogen-bond acceptors (Lipinski definition) is 5. The normalized spacial score (nSPS) is 15.4. The lowest BCUT2D eigenvalue weighted by Gasteiger charge is -2.27. The van der Waals surface area contributed by atoms with Gasteiger partial charge in [-0.05, 0) is 56.7 Å². The third kappa shape index (κ3) is 5.04. The average Bonchev–Trinajstić information content (AvgIpc) is 2.84. The summed E-state index contributed by atoms with van der Waals surface area (Å²) >= 11 is 0. The maximum absolute atomic E-state index is 12.9. The summed E-state index contributed by atoms with van der Waals surface area (Å²) in [5.41, 5.74) is 0.789. The van der Waals surface area contributed by atoms with E-state index in [1.807, 2.05) is 20.8 Å². The number of fused-ring (bicyclic) bond motifs is 1. The van der Waals surface area contributed by atoms with Gasteiger partial charge in [-0.3, -0.25) is 14.3 Å². The number of sulfonamides is 1. The fraction of sp³-hybridized carbons (Fsp3) is 0.391. The number of nitrogens with zero attached hydrogens (tertiary/aromatic N) is 1. The Morgan fingerprint density at radius 3 is 2.38 bits per heavy atom. The van der Waals surface area contributed by atoms with Crippen LogP contribution >= 0.6 is 0 Å². The number of nitrogens with one attached hydrogen (secondary N) is 2. The molecular formula is C23H29N3O5S. The average molecular weight is 460 g/mol. The van der Waals surface area contributed by atoms with E-state index in [9.17, 15) is 18.0 Å². The van der Waals surface area contributed by atoms with Crippen LogP contribution in [0.3, 0.4) is 0 Å². The maximum atomic E-state index is 12.9. The monoisotopic (exact) mass is 459 g/mol. The summed E-state index contributed by atoms with van der Waals surface area (Å²) < 4.78 is 34.1. The molecular weight excluding hydrogens is 430 g/mol. The Kier molecular flexibility index (Phi) is 6.78. The quantitative estimate of drug-likeness (QED) is 0.651. The molecule has 2 N–H and O–H groups in total. The second kappa shape index (κ2) is 9.20. The highest BCUT2D eigenvalue weighted by Crippen LogP contribution is 2.38. The highest BCUT2D eigenvalue weighted by Gasteiger charge is 2.37. The van der Waals surface area contributed by atoms with Crippen molar-refractivity contribution < 1.29 is 22.7 Å². The Balaban J connectivity index is 1.85. The molecule has 1 aliphatic heterocycles. The first-order chi connectivity index (χ1) is 15.1. The molecule has 0 saturated carbocycles. The molecule has 0 saturated heterocycles. The summed E-state index contributed by atoms with van der Waals surface area (Å²) in [5.74, 6) is 0.277. The first kappa shape index (κ1) is 23.6. The molecule has 172 valence electrons. The largest absolute Gasteiger partial charge is 0.490 e. The number of amides is 2. The molecule has 1 heterocycles. The SMILES string of the molecule is CCCN1C(=O)C(C)(C)COc2cc(NS(=O)(=O)c3ccc(NC(=O)CC)cc3)ccc21. The van der Waals surface area contributed by atoms with Crippen LogP contribution in [-0.2, 0) is 19.6 Å². The maximum Gasteiger partial charge on any atom is 0.261 e. The summed E-state index contributed by atoms with van der Waals surface area (Å²) in [6.07, 6.45) is 1.12. The minimum atomic E-state index is -3.86. The van der Waals surface area contributed by atoms with E-state index in [0.717, 1.165) is 6.42 Å². The Labute approximate surface area is 189 Å². The van der Waals surface area contributed by atoms with Crippen molar-refractivity contribution >= 4 is 38.9 Å². The molecule has 0 fully saturated rings. The summed E-state index contributed by atoms with van der Waals surface area (Å²) in [4.78, 5) is 26.2. The van der Waals surface area contributed by atoms with E-state index < -0.39 is 15.4 Å². The molecule has 8 nitrogen and oxygen atoms in total. The second-order valence-corrected chi connectivity index (χ2v) is 10.0. The molecule has 2 aromatic carbocycles. The fourth-order valence-corrected chi connectivity index (χ4v) is 4.39. The number of carbonyl (C=O) groups excluding carboxylic acids is 2. The smallest absolute Gasteiger partial charge is 0.261 e. The first-order valence-corrected chi connectivity index (χ1v) is 12.1. The second-order valence-electron chi connectivity index (χ2n) is 8.34. The van der Waals surface area contributed by atoms with Crippen molar-refractivity contribution in [3.63, 3.8) is 0 Å². The number of benzene rings is 2. The lowest BCUT2D eigenvalue weighted by Crippen LogP contribution is -2.42. The van der Waals surface area contributed by atoms with Gasteiger partial charge in [-0.2, -0.15) is 0 Å². The Bertz CT molecular complexity index is 1110. The number of rotatable bonds is 7. The Morgan fingerprint density at radius 2 is 1.75 bits per heavy atom. The summed E-state index contributed by atoms with van der Waals surface area (Å²) in [5, 5.41) is 2.68. The number of carbonyl (C=O) groups is 2.